The highest BCUT2D eigenvalue weighted by Crippen LogP contribution is 2.40. The Morgan fingerprint density at radius 2 is 1.89 bits per heavy atom. The van der Waals surface area contributed by atoms with Gasteiger partial charge in [-0.1, -0.05) is 0 Å². The number of ether oxygens (including phenoxy) is 3. The molecule has 150 valence electrons. The second-order valence-corrected chi connectivity index (χ2v) is 7.41. The van der Waals surface area contributed by atoms with E-state index in [1.165, 1.54) is 7.11 Å². The molecule has 2 amide bonds. The molecule has 0 radical (unpaired) electrons. The zero-order chi connectivity index (χ0) is 19.7. The molecule has 0 saturated carbocycles. The number of methoxy groups -OCH3 is 2. The first-order valence-electron chi connectivity index (χ1n) is 9.14. The highest BCUT2D eigenvalue weighted by Gasteiger charge is 2.52. The van der Waals surface area contributed by atoms with E-state index in [1.807, 2.05) is 0 Å². The SMILES string of the molecule is COc1ccc(NC(=O)N2CCC3(CC2)OCC[C@@](C)(O)[C@@H]3O)cc1OC. The molecule has 8 nitrogen and oxygen atoms in total. The maximum Gasteiger partial charge on any atom is 0.321 e. The van der Waals surface area contributed by atoms with E-state index in [1.54, 1.807) is 37.1 Å². The number of urea groups is 1. The maximum absolute atomic E-state index is 12.6. The van der Waals surface area contributed by atoms with Crippen molar-refractivity contribution in [2.24, 2.45) is 0 Å². The summed E-state index contributed by atoms with van der Waals surface area (Å²) in [4.78, 5) is 14.3. The quantitative estimate of drug-likeness (QED) is 0.737. The van der Waals surface area contributed by atoms with Crippen molar-refractivity contribution >= 4 is 11.7 Å². The van der Waals surface area contributed by atoms with Gasteiger partial charge in [-0.3, -0.25) is 0 Å². The van der Waals surface area contributed by atoms with Gasteiger partial charge in [0.05, 0.1) is 26.4 Å². The van der Waals surface area contributed by atoms with Gasteiger partial charge < -0.3 is 34.6 Å². The first-order valence-corrected chi connectivity index (χ1v) is 9.14. The normalized spacial score (nSPS) is 27.3. The van der Waals surface area contributed by atoms with Crippen molar-refractivity contribution in [2.75, 3.05) is 39.2 Å². The molecule has 2 aliphatic rings. The first kappa shape index (κ1) is 19.7. The predicted octanol–water partition coefficient (Wildman–Crippen LogP) is 1.60. The smallest absolute Gasteiger partial charge is 0.321 e. The molecule has 2 saturated heterocycles. The lowest BCUT2D eigenvalue weighted by Crippen LogP contribution is -2.64. The molecule has 0 aliphatic carbocycles. The number of amides is 2. The Bertz CT molecular complexity index is 685. The van der Waals surface area contributed by atoms with E-state index in [2.05, 4.69) is 5.32 Å². The summed E-state index contributed by atoms with van der Waals surface area (Å²) >= 11 is 0. The van der Waals surface area contributed by atoms with Crippen LogP contribution < -0.4 is 14.8 Å². The van der Waals surface area contributed by atoms with Gasteiger partial charge in [0, 0.05) is 31.3 Å². The van der Waals surface area contributed by atoms with Crippen LogP contribution in [0.4, 0.5) is 10.5 Å². The molecule has 3 N–H and O–H groups in total. The molecule has 3 rings (SSSR count). The number of rotatable bonds is 3. The summed E-state index contributed by atoms with van der Waals surface area (Å²) in [5.41, 5.74) is -1.35. The van der Waals surface area contributed by atoms with Crippen molar-refractivity contribution in [1.29, 1.82) is 0 Å². The number of carbonyl (C=O) groups excluding carboxylic acids is 1. The van der Waals surface area contributed by atoms with Gasteiger partial charge in [-0.05, 0) is 31.9 Å². The molecule has 27 heavy (non-hydrogen) atoms. The van der Waals surface area contributed by atoms with Crippen molar-refractivity contribution in [3.8, 4) is 11.5 Å². The van der Waals surface area contributed by atoms with Crippen molar-refractivity contribution in [1.82, 2.24) is 4.90 Å². The average Bonchev–Trinajstić information content (AvgIpc) is 2.66. The number of aliphatic hydroxyl groups excluding tert-OH is 1. The number of benzene rings is 1. The topological polar surface area (TPSA) is 100 Å². The van der Waals surface area contributed by atoms with Crippen LogP contribution in [-0.2, 0) is 4.74 Å². The van der Waals surface area contributed by atoms with Crippen molar-refractivity contribution in [3.63, 3.8) is 0 Å². The number of aliphatic hydroxyl groups is 2. The van der Waals surface area contributed by atoms with Gasteiger partial charge in [0.2, 0.25) is 0 Å². The number of hydrogen-bond donors (Lipinski definition) is 3. The van der Waals surface area contributed by atoms with E-state index < -0.39 is 17.3 Å². The van der Waals surface area contributed by atoms with Crippen molar-refractivity contribution < 1.29 is 29.2 Å². The first-order chi connectivity index (χ1) is 12.8. The van der Waals surface area contributed by atoms with Crippen molar-refractivity contribution in [3.05, 3.63) is 18.2 Å². The number of nitrogens with one attached hydrogen (secondary N) is 1. The highest BCUT2D eigenvalue weighted by molar-refractivity contribution is 5.89. The lowest BCUT2D eigenvalue weighted by molar-refractivity contribution is -0.244. The predicted molar refractivity (Wildman–Crippen MR) is 99.3 cm³/mol. The number of anilines is 1. The van der Waals surface area contributed by atoms with E-state index in [-0.39, 0.29) is 6.03 Å². The Balaban J connectivity index is 1.62. The third-order valence-corrected chi connectivity index (χ3v) is 5.62. The number of likely N-dealkylation sites (tertiary alicyclic amines) is 1. The highest BCUT2D eigenvalue weighted by atomic mass is 16.5. The van der Waals surface area contributed by atoms with E-state index in [0.29, 0.717) is 56.1 Å². The van der Waals surface area contributed by atoms with Crippen LogP contribution in [0.3, 0.4) is 0 Å². The third kappa shape index (κ3) is 3.83. The van der Waals surface area contributed by atoms with Crippen LogP contribution in [0.2, 0.25) is 0 Å². The molecule has 8 heteroatoms. The van der Waals surface area contributed by atoms with Crippen LogP contribution in [0.1, 0.15) is 26.2 Å². The molecule has 0 aromatic heterocycles. The van der Waals surface area contributed by atoms with Crippen LogP contribution in [0, 0.1) is 0 Å². The zero-order valence-electron chi connectivity index (χ0n) is 16.0. The fourth-order valence-corrected chi connectivity index (χ4v) is 3.87. The van der Waals surface area contributed by atoms with Gasteiger partial charge in [0.1, 0.15) is 11.7 Å². The average molecular weight is 380 g/mol. The maximum atomic E-state index is 12.6. The molecule has 0 bridgehead atoms. The molecule has 0 unspecified atom stereocenters. The van der Waals surface area contributed by atoms with Gasteiger partial charge in [0.25, 0.3) is 0 Å². The number of hydrogen-bond acceptors (Lipinski definition) is 6. The van der Waals surface area contributed by atoms with Crippen molar-refractivity contribution in [2.45, 2.75) is 43.5 Å². The van der Waals surface area contributed by atoms with E-state index in [4.69, 9.17) is 14.2 Å². The van der Waals surface area contributed by atoms with Gasteiger partial charge in [-0.2, -0.15) is 0 Å². The zero-order valence-corrected chi connectivity index (χ0v) is 16.0. The summed E-state index contributed by atoms with van der Waals surface area (Å²) < 4.78 is 16.3. The monoisotopic (exact) mass is 380 g/mol. The number of nitrogens with zero attached hydrogens (tertiary/aromatic N) is 1. The fourth-order valence-electron chi connectivity index (χ4n) is 3.87. The summed E-state index contributed by atoms with van der Waals surface area (Å²) in [6.45, 7) is 2.92. The fraction of sp³-hybridized carbons (Fsp3) is 0.632. The Kier molecular flexibility index (Phi) is 5.50. The molecule has 1 aromatic carbocycles. The molecule has 1 spiro atoms. The Hall–Kier alpha value is -2.03. The summed E-state index contributed by atoms with van der Waals surface area (Å²) in [5.74, 6) is 1.12. The lowest BCUT2D eigenvalue weighted by atomic mass is 9.75. The van der Waals surface area contributed by atoms with Crippen LogP contribution in [0.25, 0.3) is 0 Å². The second-order valence-electron chi connectivity index (χ2n) is 7.41. The lowest BCUT2D eigenvalue weighted by Gasteiger charge is -2.51. The molecular formula is C19H28N2O6. The van der Waals surface area contributed by atoms with Gasteiger partial charge >= 0.3 is 6.03 Å². The van der Waals surface area contributed by atoms with Gasteiger partial charge in [-0.25, -0.2) is 4.79 Å². The number of carbonyl (C=O) groups is 1. The third-order valence-electron chi connectivity index (χ3n) is 5.62. The molecular weight excluding hydrogens is 352 g/mol. The molecule has 2 atom stereocenters. The van der Waals surface area contributed by atoms with E-state index in [0.717, 1.165) is 0 Å². The van der Waals surface area contributed by atoms with Crippen LogP contribution in [0.5, 0.6) is 11.5 Å². The van der Waals surface area contributed by atoms with Gasteiger partial charge in [0.15, 0.2) is 11.5 Å². The van der Waals surface area contributed by atoms with E-state index in [9.17, 15) is 15.0 Å². The van der Waals surface area contributed by atoms with Crippen LogP contribution in [-0.4, -0.2) is 72.4 Å². The molecule has 2 heterocycles. The van der Waals surface area contributed by atoms with Crippen LogP contribution >= 0.6 is 0 Å². The van der Waals surface area contributed by atoms with Crippen LogP contribution in [0.15, 0.2) is 18.2 Å². The minimum Gasteiger partial charge on any atom is -0.493 e. The summed E-state index contributed by atoms with van der Waals surface area (Å²) in [6.07, 6.45) is 0.391. The minimum absolute atomic E-state index is 0.228. The summed E-state index contributed by atoms with van der Waals surface area (Å²) in [5, 5.41) is 23.8. The summed E-state index contributed by atoms with van der Waals surface area (Å²) in [6, 6.07) is 4.95. The second kappa shape index (κ2) is 7.53. The Labute approximate surface area is 159 Å². The standard InChI is InChI=1S/C19H28N2O6/c1-18(24)8-11-27-19(16(18)22)6-9-21(10-7-19)17(23)20-13-4-5-14(25-2)15(12-13)26-3/h4-5,12,16,22,24H,6-11H2,1-3H3,(H,20,23)/t16-,18+/m0/s1. The largest absolute Gasteiger partial charge is 0.493 e. The minimum atomic E-state index is -1.16. The molecule has 1 aromatic rings. The molecule has 2 aliphatic heterocycles. The van der Waals surface area contributed by atoms with Gasteiger partial charge in [-0.15, -0.1) is 0 Å². The van der Waals surface area contributed by atoms with E-state index >= 15 is 0 Å². The Morgan fingerprint density at radius 1 is 1.22 bits per heavy atom. The summed E-state index contributed by atoms with van der Waals surface area (Å²) in [7, 11) is 3.09. The molecule has 2 fully saturated rings. The Morgan fingerprint density at radius 3 is 2.52 bits per heavy atom. The number of piperidine rings is 1.